The maximum absolute atomic E-state index is 14.8. The number of aryl methyl sites for hydroxylation is 2. The van der Waals surface area contributed by atoms with E-state index in [0.717, 1.165) is 24.1 Å². The van der Waals surface area contributed by atoms with E-state index in [2.05, 4.69) is 0 Å². The van der Waals surface area contributed by atoms with Crippen LogP contribution in [0.1, 0.15) is 47.9 Å². The van der Waals surface area contributed by atoms with Crippen molar-refractivity contribution >= 4 is 0 Å². The molecule has 0 nitrogen and oxygen atoms in total. The highest BCUT2D eigenvalue weighted by Crippen LogP contribution is 2.38. The van der Waals surface area contributed by atoms with Crippen molar-refractivity contribution in [2.24, 2.45) is 0 Å². The molecule has 1 aliphatic carbocycles. The number of hydrogen-bond donors (Lipinski definition) is 0. The van der Waals surface area contributed by atoms with E-state index in [9.17, 15) is 22.0 Å². The van der Waals surface area contributed by atoms with Gasteiger partial charge in [-0.2, -0.15) is 0 Å². The highest BCUT2D eigenvalue weighted by atomic mass is 19.2. The summed E-state index contributed by atoms with van der Waals surface area (Å²) in [6, 6.07) is 9.03. The largest absolute Gasteiger partial charge is 0.207 e. The van der Waals surface area contributed by atoms with Crippen molar-refractivity contribution in [3.63, 3.8) is 0 Å². The first kappa shape index (κ1) is 20.6. The zero-order chi connectivity index (χ0) is 21.4. The van der Waals surface area contributed by atoms with Crippen molar-refractivity contribution in [3.05, 3.63) is 93.8 Å². The summed E-state index contributed by atoms with van der Waals surface area (Å²) < 4.78 is 70.8. The lowest BCUT2D eigenvalue weighted by Gasteiger charge is -2.26. The predicted molar refractivity (Wildman–Crippen MR) is 107 cm³/mol. The minimum absolute atomic E-state index is 0.0607. The normalized spacial score (nSPS) is 15.9. The van der Waals surface area contributed by atoms with Crippen LogP contribution in [0.4, 0.5) is 22.0 Å². The van der Waals surface area contributed by atoms with Crippen molar-refractivity contribution in [2.75, 3.05) is 0 Å². The molecular weight excluding hydrogens is 395 g/mol. The second-order valence-electron chi connectivity index (χ2n) is 7.89. The van der Waals surface area contributed by atoms with Gasteiger partial charge >= 0.3 is 0 Å². The Bertz CT molecular complexity index is 1080. The molecule has 1 unspecified atom stereocenters. The van der Waals surface area contributed by atoms with Crippen LogP contribution >= 0.6 is 0 Å². The zero-order valence-corrected chi connectivity index (χ0v) is 16.5. The molecule has 4 rings (SSSR count). The maximum atomic E-state index is 14.8. The molecule has 3 aromatic rings. The van der Waals surface area contributed by atoms with Gasteiger partial charge in [0, 0.05) is 11.1 Å². The number of rotatable bonds is 4. The first-order valence-corrected chi connectivity index (χ1v) is 10.1. The Labute approximate surface area is 172 Å². The molecule has 0 N–H and O–H groups in total. The van der Waals surface area contributed by atoms with Crippen LogP contribution in [0.5, 0.6) is 0 Å². The quantitative estimate of drug-likeness (QED) is 0.392. The van der Waals surface area contributed by atoms with Gasteiger partial charge in [-0.25, -0.2) is 22.0 Å². The highest BCUT2D eigenvalue weighted by molar-refractivity contribution is 5.66. The topological polar surface area (TPSA) is 0 Å². The summed E-state index contributed by atoms with van der Waals surface area (Å²) in [5, 5.41) is 0. The van der Waals surface area contributed by atoms with Gasteiger partial charge in [-0.1, -0.05) is 19.4 Å². The number of hydrogen-bond acceptors (Lipinski definition) is 0. The van der Waals surface area contributed by atoms with E-state index in [4.69, 9.17) is 0 Å². The Morgan fingerprint density at radius 3 is 2.17 bits per heavy atom. The molecule has 5 heteroatoms. The van der Waals surface area contributed by atoms with Crippen LogP contribution in [0, 0.1) is 29.1 Å². The summed E-state index contributed by atoms with van der Waals surface area (Å²) in [4.78, 5) is 0. The van der Waals surface area contributed by atoms with Crippen molar-refractivity contribution in [2.45, 2.75) is 44.9 Å². The van der Waals surface area contributed by atoms with Gasteiger partial charge in [0.05, 0.1) is 0 Å². The average Bonchev–Trinajstić information content (AvgIpc) is 2.69. The van der Waals surface area contributed by atoms with Gasteiger partial charge < -0.3 is 0 Å². The van der Waals surface area contributed by atoms with Gasteiger partial charge in [0.2, 0.25) is 0 Å². The predicted octanol–water partition coefficient (Wildman–Crippen LogP) is 7.27. The van der Waals surface area contributed by atoms with Gasteiger partial charge in [-0.15, -0.1) is 0 Å². The molecule has 1 atom stereocenters. The molecule has 0 aromatic heterocycles. The van der Waals surface area contributed by atoms with Crippen molar-refractivity contribution < 1.29 is 22.0 Å². The van der Waals surface area contributed by atoms with E-state index in [0.29, 0.717) is 36.8 Å². The molecule has 0 heterocycles. The Hall–Kier alpha value is -2.69. The number of fused-ring (bicyclic) bond motifs is 1. The Balaban J connectivity index is 1.65. The van der Waals surface area contributed by atoms with E-state index >= 15 is 0 Å². The highest BCUT2D eigenvalue weighted by Gasteiger charge is 2.27. The Morgan fingerprint density at radius 2 is 1.50 bits per heavy atom. The van der Waals surface area contributed by atoms with Crippen molar-refractivity contribution in [1.82, 2.24) is 0 Å². The maximum Gasteiger partial charge on any atom is 0.159 e. The van der Waals surface area contributed by atoms with Crippen molar-refractivity contribution in [1.29, 1.82) is 0 Å². The van der Waals surface area contributed by atoms with Gasteiger partial charge in [0.15, 0.2) is 11.6 Å². The van der Waals surface area contributed by atoms with Crippen LogP contribution in [-0.4, -0.2) is 0 Å². The smallest absolute Gasteiger partial charge is 0.159 e. The average molecular weight is 416 g/mol. The first-order chi connectivity index (χ1) is 14.4. The third-order valence-corrected chi connectivity index (χ3v) is 5.83. The molecule has 156 valence electrons. The van der Waals surface area contributed by atoms with E-state index in [1.165, 1.54) is 24.3 Å². The summed E-state index contributed by atoms with van der Waals surface area (Å²) in [5.74, 6) is -4.07. The fourth-order valence-corrected chi connectivity index (χ4v) is 4.37. The van der Waals surface area contributed by atoms with Gasteiger partial charge in [0.25, 0.3) is 0 Å². The zero-order valence-electron chi connectivity index (χ0n) is 16.5. The minimum Gasteiger partial charge on any atom is -0.207 e. The molecule has 0 aliphatic heterocycles. The third kappa shape index (κ3) is 3.85. The molecule has 0 saturated carbocycles. The molecule has 0 bridgehead atoms. The van der Waals surface area contributed by atoms with Crippen LogP contribution in [0.15, 0.2) is 42.5 Å². The minimum atomic E-state index is -1.04. The Morgan fingerprint density at radius 1 is 0.767 bits per heavy atom. The van der Waals surface area contributed by atoms with E-state index in [1.54, 1.807) is 6.07 Å². The number of halogens is 5. The van der Waals surface area contributed by atoms with E-state index in [-0.39, 0.29) is 22.6 Å². The van der Waals surface area contributed by atoms with Crippen LogP contribution in [0.25, 0.3) is 11.1 Å². The SMILES string of the molecule is CCCc1cc(F)c(C2CCc3cc(-c4ccc(F)c(F)c4)c(F)cc3C2)c(F)c1. The molecule has 0 radical (unpaired) electrons. The van der Waals surface area contributed by atoms with Crippen LogP contribution in [-0.2, 0) is 19.3 Å². The van der Waals surface area contributed by atoms with Crippen molar-refractivity contribution in [3.8, 4) is 11.1 Å². The lowest BCUT2D eigenvalue weighted by molar-refractivity contribution is 0.488. The van der Waals surface area contributed by atoms with Crippen LogP contribution in [0.2, 0.25) is 0 Å². The van der Waals surface area contributed by atoms with E-state index in [1.807, 2.05) is 6.92 Å². The molecule has 3 aromatic carbocycles. The first-order valence-electron chi connectivity index (χ1n) is 10.1. The number of benzene rings is 3. The third-order valence-electron chi connectivity index (χ3n) is 5.83. The molecule has 0 saturated heterocycles. The lowest BCUT2D eigenvalue weighted by Crippen LogP contribution is -2.16. The lowest BCUT2D eigenvalue weighted by atomic mass is 9.78. The fraction of sp³-hybridized carbons (Fsp3) is 0.280. The van der Waals surface area contributed by atoms with Crippen LogP contribution < -0.4 is 0 Å². The molecule has 30 heavy (non-hydrogen) atoms. The molecule has 0 fully saturated rings. The van der Waals surface area contributed by atoms with Gasteiger partial charge in [-0.3, -0.25) is 0 Å². The summed E-state index contributed by atoms with van der Waals surface area (Å²) in [5.41, 5.74) is 2.68. The van der Waals surface area contributed by atoms with E-state index < -0.39 is 29.1 Å². The molecule has 0 amide bonds. The summed E-state index contributed by atoms with van der Waals surface area (Å²) in [6.07, 6.45) is 2.78. The summed E-state index contributed by atoms with van der Waals surface area (Å²) in [6.45, 7) is 1.95. The van der Waals surface area contributed by atoms with Crippen LogP contribution in [0.3, 0.4) is 0 Å². The fourth-order valence-electron chi connectivity index (χ4n) is 4.37. The van der Waals surface area contributed by atoms with Gasteiger partial charge in [-0.05, 0) is 90.3 Å². The monoisotopic (exact) mass is 416 g/mol. The Kier molecular flexibility index (Phi) is 5.63. The second kappa shape index (κ2) is 8.21. The molecular formula is C25H21F5. The second-order valence-corrected chi connectivity index (χ2v) is 7.89. The summed E-state index contributed by atoms with van der Waals surface area (Å²) >= 11 is 0. The van der Waals surface area contributed by atoms with Gasteiger partial charge in [0.1, 0.15) is 17.5 Å². The standard InChI is InChI=1S/C25H21F5/c1-2-3-14-8-23(29)25(24(30)9-14)17-5-4-15-11-19(21(27)13-18(15)10-17)16-6-7-20(26)22(28)12-16/h6-9,11-13,17H,2-5,10H2,1H3. The summed E-state index contributed by atoms with van der Waals surface area (Å²) in [7, 11) is 0. The molecule has 1 aliphatic rings. The molecule has 0 spiro atoms.